The fraction of sp³-hybridized carbons (Fsp3) is 0.867. The summed E-state index contributed by atoms with van der Waals surface area (Å²) in [5.41, 5.74) is -0.905. The molecule has 0 radical (unpaired) electrons. The summed E-state index contributed by atoms with van der Waals surface area (Å²) in [6.45, 7) is 15.6. The largest absolute Gasteiger partial charge is 0.458 e. The van der Waals surface area contributed by atoms with E-state index >= 15 is 0 Å². The number of ketones is 1. The minimum Gasteiger partial charge on any atom is -0.458 e. The molecular weight excluding hydrogens is 424 g/mol. The Hall–Kier alpha value is -1.16. The quantitative estimate of drug-likeness (QED) is 0.389. The first kappa shape index (κ1) is 24.5. The third kappa shape index (κ3) is 2.81. The Labute approximate surface area is 206 Å². The first-order valence-corrected chi connectivity index (χ1v) is 13.9. The van der Waals surface area contributed by atoms with Gasteiger partial charge in [0.1, 0.15) is 11.0 Å². The number of aliphatic hydroxyl groups excluding tert-OH is 1. The Balaban J connectivity index is 1.56. The molecule has 8 atom stereocenters. The van der Waals surface area contributed by atoms with E-state index in [2.05, 4.69) is 48.5 Å². The number of hydrogen-bond acceptors (Lipinski definition) is 4. The van der Waals surface area contributed by atoms with Gasteiger partial charge in [-0.25, -0.2) is 0 Å². The molecule has 0 unspecified atom stereocenters. The van der Waals surface area contributed by atoms with Crippen molar-refractivity contribution in [1.82, 2.24) is 0 Å². The zero-order valence-electron chi connectivity index (χ0n) is 22.5. The van der Waals surface area contributed by atoms with E-state index in [-0.39, 0.29) is 45.9 Å². The number of carbonyl (C=O) groups is 2. The van der Waals surface area contributed by atoms with Crippen LogP contribution < -0.4 is 0 Å². The summed E-state index contributed by atoms with van der Waals surface area (Å²) in [4.78, 5) is 28.1. The van der Waals surface area contributed by atoms with E-state index in [9.17, 15) is 14.7 Å². The van der Waals surface area contributed by atoms with Gasteiger partial charge in [0.25, 0.3) is 0 Å². The number of ether oxygens (including phenoxy) is 1. The molecule has 4 heteroatoms. The second-order valence-corrected chi connectivity index (χ2v) is 14.2. The van der Waals surface area contributed by atoms with Crippen LogP contribution in [0.5, 0.6) is 0 Å². The number of hydrogen-bond donors (Lipinski definition) is 1. The molecule has 0 aromatic rings. The van der Waals surface area contributed by atoms with Gasteiger partial charge in [0.2, 0.25) is 0 Å². The maximum absolute atomic E-state index is 14.2. The van der Waals surface area contributed by atoms with Gasteiger partial charge < -0.3 is 9.84 Å². The SMILES string of the molecule is CC(C)CCC[C@]1(C)OC(=O)[C@]23C(=O)C=C4[C@@H](CC[C@H]5C(C)(C)[C@@H](O)CC[C@]45C)[C@]2(C)CC[C@@H]31. The summed E-state index contributed by atoms with van der Waals surface area (Å²) in [6, 6.07) is 0. The molecule has 1 N–H and O–H groups in total. The van der Waals surface area contributed by atoms with Crippen molar-refractivity contribution in [3.05, 3.63) is 11.6 Å². The van der Waals surface area contributed by atoms with E-state index in [0.29, 0.717) is 11.8 Å². The normalized spacial score (nSPS) is 49.1. The van der Waals surface area contributed by atoms with Gasteiger partial charge in [0, 0.05) is 5.92 Å². The van der Waals surface area contributed by atoms with Crippen LogP contribution in [-0.4, -0.2) is 28.6 Å². The molecule has 5 rings (SSSR count). The molecule has 0 amide bonds. The summed E-state index contributed by atoms with van der Waals surface area (Å²) in [5.74, 6) is 0.979. The fourth-order valence-corrected chi connectivity index (χ4v) is 9.99. The van der Waals surface area contributed by atoms with Crippen molar-refractivity contribution in [3.8, 4) is 0 Å². The van der Waals surface area contributed by atoms with Crippen LogP contribution in [0.15, 0.2) is 11.6 Å². The van der Waals surface area contributed by atoms with Gasteiger partial charge in [-0.15, -0.1) is 0 Å². The Morgan fingerprint density at radius 3 is 2.38 bits per heavy atom. The molecule has 0 aromatic heterocycles. The van der Waals surface area contributed by atoms with Crippen LogP contribution in [-0.2, 0) is 14.3 Å². The standard InChI is InChI=1S/C30H46O4/c1-18(2)9-8-14-29(7)22-12-16-28(6)19-10-11-21-26(3,4)23(31)13-15-27(21,5)20(19)17-24(32)30(22,28)25(33)34-29/h17-19,21-23,31H,8-16H2,1-7H3/t19-,21+,22-,23+,27-,28+,29+,30+/m1/s1. The maximum atomic E-state index is 14.2. The van der Waals surface area contributed by atoms with E-state index < -0.39 is 11.0 Å². The number of fused-ring (bicyclic) bond motifs is 4. The topological polar surface area (TPSA) is 63.6 Å². The van der Waals surface area contributed by atoms with Gasteiger partial charge >= 0.3 is 5.97 Å². The molecule has 4 fully saturated rings. The Bertz CT molecular complexity index is 932. The average Bonchev–Trinajstić information content (AvgIpc) is 3.19. The Morgan fingerprint density at radius 1 is 1.00 bits per heavy atom. The lowest BCUT2D eigenvalue weighted by molar-refractivity contribution is -0.166. The molecule has 1 spiro atoms. The van der Waals surface area contributed by atoms with E-state index in [4.69, 9.17) is 4.74 Å². The lowest BCUT2D eigenvalue weighted by atomic mass is 9.40. The van der Waals surface area contributed by atoms with Crippen molar-refractivity contribution in [2.45, 2.75) is 118 Å². The van der Waals surface area contributed by atoms with Gasteiger partial charge in [0.05, 0.1) is 6.10 Å². The molecule has 5 aliphatic rings. The summed E-state index contributed by atoms with van der Waals surface area (Å²) in [5, 5.41) is 10.8. The van der Waals surface area contributed by atoms with Gasteiger partial charge in [0.15, 0.2) is 5.78 Å². The monoisotopic (exact) mass is 470 g/mol. The molecule has 1 saturated heterocycles. The van der Waals surface area contributed by atoms with Crippen molar-refractivity contribution in [3.63, 3.8) is 0 Å². The molecule has 1 aliphatic heterocycles. The lowest BCUT2D eigenvalue weighted by Gasteiger charge is -2.62. The molecule has 0 aromatic carbocycles. The molecule has 0 bridgehead atoms. The zero-order valence-corrected chi connectivity index (χ0v) is 22.5. The molecular formula is C30H46O4. The van der Waals surface area contributed by atoms with Crippen LogP contribution in [0.2, 0.25) is 0 Å². The van der Waals surface area contributed by atoms with Crippen molar-refractivity contribution < 1.29 is 19.4 Å². The number of cyclic esters (lactones) is 1. The second kappa shape index (κ2) is 7.43. The van der Waals surface area contributed by atoms with Crippen LogP contribution in [0.25, 0.3) is 0 Å². The summed E-state index contributed by atoms with van der Waals surface area (Å²) >= 11 is 0. The third-order valence-electron chi connectivity index (χ3n) is 11.9. The van der Waals surface area contributed by atoms with Crippen molar-refractivity contribution in [2.75, 3.05) is 0 Å². The van der Waals surface area contributed by atoms with Crippen LogP contribution in [0.4, 0.5) is 0 Å². The number of esters is 1. The van der Waals surface area contributed by atoms with Crippen LogP contribution >= 0.6 is 0 Å². The van der Waals surface area contributed by atoms with Gasteiger partial charge in [-0.2, -0.15) is 0 Å². The summed E-state index contributed by atoms with van der Waals surface area (Å²) in [6.07, 6.45) is 10.2. The molecule has 4 aliphatic carbocycles. The minimum absolute atomic E-state index is 0.0205. The smallest absolute Gasteiger partial charge is 0.321 e. The van der Waals surface area contributed by atoms with E-state index in [1.165, 1.54) is 5.57 Å². The van der Waals surface area contributed by atoms with E-state index in [0.717, 1.165) is 57.8 Å². The van der Waals surface area contributed by atoms with Gasteiger partial charge in [-0.3, -0.25) is 9.59 Å². The van der Waals surface area contributed by atoms with Crippen LogP contribution in [0, 0.1) is 45.3 Å². The number of rotatable bonds is 4. The second-order valence-electron chi connectivity index (χ2n) is 14.2. The molecule has 3 saturated carbocycles. The predicted octanol–water partition coefficient (Wildman–Crippen LogP) is 6.25. The highest BCUT2D eigenvalue weighted by Gasteiger charge is 2.79. The molecule has 34 heavy (non-hydrogen) atoms. The van der Waals surface area contributed by atoms with Crippen molar-refractivity contribution >= 4 is 11.8 Å². The minimum atomic E-state index is -1.01. The Kier molecular flexibility index (Phi) is 5.36. The highest BCUT2D eigenvalue weighted by Crippen LogP contribution is 2.75. The molecule has 1 heterocycles. The molecule has 190 valence electrons. The molecule has 4 nitrogen and oxygen atoms in total. The zero-order chi connectivity index (χ0) is 24.9. The van der Waals surface area contributed by atoms with Crippen molar-refractivity contribution in [2.24, 2.45) is 45.3 Å². The lowest BCUT2D eigenvalue weighted by Crippen LogP contribution is -2.61. The first-order chi connectivity index (χ1) is 15.7. The first-order valence-electron chi connectivity index (χ1n) is 13.9. The van der Waals surface area contributed by atoms with E-state index in [1.54, 1.807) is 0 Å². The van der Waals surface area contributed by atoms with Gasteiger partial charge in [-0.1, -0.05) is 53.5 Å². The summed E-state index contributed by atoms with van der Waals surface area (Å²) < 4.78 is 6.23. The third-order valence-corrected chi connectivity index (χ3v) is 11.9. The highest BCUT2D eigenvalue weighted by atomic mass is 16.6. The average molecular weight is 471 g/mol. The highest BCUT2D eigenvalue weighted by molar-refractivity contribution is 6.13. The number of carbonyl (C=O) groups excluding carboxylic acids is 2. The van der Waals surface area contributed by atoms with Crippen molar-refractivity contribution in [1.29, 1.82) is 0 Å². The van der Waals surface area contributed by atoms with Crippen LogP contribution in [0.1, 0.15) is 106 Å². The fourth-order valence-electron chi connectivity index (χ4n) is 9.99. The van der Waals surface area contributed by atoms with Crippen LogP contribution in [0.3, 0.4) is 0 Å². The Morgan fingerprint density at radius 2 is 1.71 bits per heavy atom. The van der Waals surface area contributed by atoms with Gasteiger partial charge in [-0.05, 0) is 98.4 Å². The summed E-state index contributed by atoms with van der Waals surface area (Å²) in [7, 11) is 0. The number of allylic oxidation sites excluding steroid dienone is 2. The van der Waals surface area contributed by atoms with E-state index in [1.807, 2.05) is 6.08 Å². The number of aliphatic hydroxyl groups is 1. The maximum Gasteiger partial charge on any atom is 0.321 e. The predicted molar refractivity (Wildman–Crippen MR) is 133 cm³/mol.